The first-order chi connectivity index (χ1) is 13.6. The monoisotopic (exact) mass is 384 g/mol. The lowest BCUT2D eigenvalue weighted by molar-refractivity contribution is -0.140. The van der Waals surface area contributed by atoms with Gasteiger partial charge in [0, 0.05) is 37.7 Å². The highest BCUT2D eigenvalue weighted by molar-refractivity contribution is 5.88. The van der Waals surface area contributed by atoms with Crippen LogP contribution < -0.4 is 4.90 Å². The second-order valence-electron chi connectivity index (χ2n) is 7.90. The van der Waals surface area contributed by atoms with E-state index in [1.807, 2.05) is 18.2 Å². The highest BCUT2D eigenvalue weighted by atomic mass is 19.1. The number of para-hydroxylation sites is 1. The number of benzene rings is 2. The number of hydrogen-bond acceptors (Lipinski definition) is 3. The van der Waals surface area contributed by atoms with Crippen molar-refractivity contribution in [1.29, 1.82) is 0 Å². The van der Waals surface area contributed by atoms with Gasteiger partial charge in [0.25, 0.3) is 5.91 Å². The molecule has 5 rings (SSSR count). The van der Waals surface area contributed by atoms with Gasteiger partial charge in [-0.1, -0.05) is 18.2 Å². The van der Waals surface area contributed by atoms with E-state index in [2.05, 4.69) is 17.0 Å². The lowest BCUT2D eigenvalue weighted by Crippen LogP contribution is -2.50. The molecule has 28 heavy (non-hydrogen) atoms. The van der Waals surface area contributed by atoms with Crippen molar-refractivity contribution in [2.75, 3.05) is 18.0 Å². The molecule has 3 fully saturated rings. The number of ether oxygens (including phenoxy) is 1. The van der Waals surface area contributed by atoms with Gasteiger partial charge in [0.2, 0.25) is 0 Å². The molecule has 4 nitrogen and oxygen atoms in total. The number of carbonyl (C=O) groups is 1. The van der Waals surface area contributed by atoms with Gasteiger partial charge in [-0.05, 0) is 42.7 Å². The summed E-state index contributed by atoms with van der Waals surface area (Å²) >= 11 is 0. The van der Waals surface area contributed by atoms with Gasteiger partial charge in [0.15, 0.2) is 5.60 Å². The molecule has 0 saturated carbocycles. The number of piperidine rings is 1. The third kappa shape index (κ3) is 2.78. The summed E-state index contributed by atoms with van der Waals surface area (Å²) in [5.41, 5.74) is 0.854. The largest absolute Gasteiger partial charge is 0.371 e. The first kappa shape index (κ1) is 17.6. The van der Waals surface area contributed by atoms with Crippen LogP contribution in [0.25, 0.3) is 0 Å². The molecule has 2 aromatic rings. The SMILES string of the molecule is O=C1N2C(CCC2c2cc(F)cc(F)c2)OC12CCN(c1ccccc1)CC2. The van der Waals surface area contributed by atoms with Gasteiger partial charge in [-0.2, -0.15) is 0 Å². The molecule has 3 aliphatic heterocycles. The molecule has 0 N–H and O–H groups in total. The van der Waals surface area contributed by atoms with Gasteiger partial charge in [-0.3, -0.25) is 4.79 Å². The number of carbonyl (C=O) groups excluding carboxylic acids is 1. The van der Waals surface area contributed by atoms with Gasteiger partial charge in [-0.25, -0.2) is 8.78 Å². The molecule has 3 saturated heterocycles. The van der Waals surface area contributed by atoms with Gasteiger partial charge < -0.3 is 14.5 Å². The van der Waals surface area contributed by atoms with Gasteiger partial charge >= 0.3 is 0 Å². The fourth-order valence-corrected chi connectivity index (χ4v) is 4.90. The summed E-state index contributed by atoms with van der Waals surface area (Å²) in [7, 11) is 0. The van der Waals surface area contributed by atoms with Crippen molar-refractivity contribution >= 4 is 11.6 Å². The molecule has 3 heterocycles. The minimum absolute atomic E-state index is 0.0302. The normalized spacial score (nSPS) is 26.1. The Morgan fingerprint density at radius 1 is 0.964 bits per heavy atom. The van der Waals surface area contributed by atoms with Gasteiger partial charge in [-0.15, -0.1) is 0 Å². The fourth-order valence-electron chi connectivity index (χ4n) is 4.90. The summed E-state index contributed by atoms with van der Waals surface area (Å²) in [6.45, 7) is 1.49. The van der Waals surface area contributed by atoms with E-state index in [1.54, 1.807) is 4.90 Å². The molecule has 6 heteroatoms. The molecular weight excluding hydrogens is 362 g/mol. The molecule has 1 spiro atoms. The van der Waals surface area contributed by atoms with Crippen LogP contribution in [0.2, 0.25) is 0 Å². The van der Waals surface area contributed by atoms with E-state index in [0.29, 0.717) is 31.2 Å². The third-order valence-electron chi connectivity index (χ3n) is 6.28. The predicted molar refractivity (Wildman–Crippen MR) is 101 cm³/mol. The van der Waals surface area contributed by atoms with Crippen LogP contribution in [0.5, 0.6) is 0 Å². The maximum Gasteiger partial charge on any atom is 0.257 e. The minimum atomic E-state index is -0.805. The van der Waals surface area contributed by atoms with E-state index < -0.39 is 17.2 Å². The van der Waals surface area contributed by atoms with Crippen LogP contribution in [0.4, 0.5) is 14.5 Å². The molecule has 0 aromatic heterocycles. The second-order valence-corrected chi connectivity index (χ2v) is 7.90. The van der Waals surface area contributed by atoms with E-state index in [4.69, 9.17) is 4.74 Å². The molecule has 2 unspecified atom stereocenters. The highest BCUT2D eigenvalue weighted by Crippen LogP contribution is 2.48. The average molecular weight is 384 g/mol. The third-order valence-corrected chi connectivity index (χ3v) is 6.28. The number of amides is 1. The fraction of sp³-hybridized carbons (Fsp3) is 0.409. The van der Waals surface area contributed by atoms with Crippen molar-refractivity contribution in [3.8, 4) is 0 Å². The Morgan fingerprint density at radius 3 is 2.32 bits per heavy atom. The zero-order chi connectivity index (χ0) is 19.3. The summed E-state index contributed by atoms with van der Waals surface area (Å²) in [6, 6.07) is 13.3. The lowest BCUT2D eigenvalue weighted by atomic mass is 9.89. The topological polar surface area (TPSA) is 32.8 Å². The zero-order valence-electron chi connectivity index (χ0n) is 15.5. The molecule has 146 valence electrons. The van der Waals surface area contributed by atoms with Gasteiger partial charge in [0.05, 0.1) is 6.04 Å². The molecular formula is C22H22F2N2O2. The summed E-state index contributed by atoms with van der Waals surface area (Å²) in [6.07, 6.45) is 2.30. The molecule has 0 bridgehead atoms. The van der Waals surface area contributed by atoms with Crippen molar-refractivity contribution < 1.29 is 18.3 Å². The van der Waals surface area contributed by atoms with Crippen LogP contribution >= 0.6 is 0 Å². The summed E-state index contributed by atoms with van der Waals surface area (Å²) in [4.78, 5) is 17.4. The van der Waals surface area contributed by atoms with Gasteiger partial charge in [0.1, 0.15) is 17.9 Å². The van der Waals surface area contributed by atoms with E-state index in [-0.39, 0.29) is 18.2 Å². The van der Waals surface area contributed by atoms with Crippen molar-refractivity contribution in [2.24, 2.45) is 0 Å². The van der Waals surface area contributed by atoms with Crippen LogP contribution in [0.3, 0.4) is 0 Å². The molecule has 0 radical (unpaired) electrons. The summed E-state index contributed by atoms with van der Waals surface area (Å²) in [5.74, 6) is -1.26. The van der Waals surface area contributed by atoms with Crippen molar-refractivity contribution in [2.45, 2.75) is 43.6 Å². The molecule has 2 aromatic carbocycles. The number of hydrogen-bond donors (Lipinski definition) is 0. The van der Waals surface area contributed by atoms with Crippen LogP contribution in [0.15, 0.2) is 48.5 Å². The number of fused-ring (bicyclic) bond motifs is 1. The second kappa shape index (κ2) is 6.55. The number of nitrogens with zero attached hydrogens (tertiary/aromatic N) is 2. The Morgan fingerprint density at radius 2 is 1.64 bits per heavy atom. The van der Waals surface area contributed by atoms with Crippen molar-refractivity contribution in [3.63, 3.8) is 0 Å². The van der Waals surface area contributed by atoms with E-state index >= 15 is 0 Å². The Kier molecular flexibility index (Phi) is 4.12. The summed E-state index contributed by atoms with van der Waals surface area (Å²) < 4.78 is 33.7. The first-order valence-corrected chi connectivity index (χ1v) is 9.82. The van der Waals surface area contributed by atoms with E-state index in [0.717, 1.165) is 24.8 Å². The Hall–Kier alpha value is -2.47. The molecule has 2 atom stereocenters. The minimum Gasteiger partial charge on any atom is -0.371 e. The highest BCUT2D eigenvalue weighted by Gasteiger charge is 2.57. The number of halogens is 2. The van der Waals surface area contributed by atoms with Crippen molar-refractivity contribution in [3.05, 3.63) is 65.7 Å². The first-order valence-electron chi connectivity index (χ1n) is 9.82. The number of anilines is 1. The Bertz CT molecular complexity index is 876. The van der Waals surface area contributed by atoms with E-state index in [1.165, 1.54) is 12.1 Å². The molecule has 3 aliphatic rings. The Balaban J connectivity index is 1.36. The van der Waals surface area contributed by atoms with Crippen LogP contribution in [-0.4, -0.2) is 35.7 Å². The zero-order valence-corrected chi connectivity index (χ0v) is 15.5. The standard InChI is InChI=1S/C22H22F2N2O2/c23-16-12-15(13-17(24)14-16)19-6-7-20-26(19)21(27)22(28-20)8-10-25(11-9-22)18-4-2-1-3-5-18/h1-5,12-14,19-20H,6-11H2. The van der Waals surface area contributed by atoms with Crippen molar-refractivity contribution in [1.82, 2.24) is 4.90 Å². The maximum absolute atomic E-state index is 13.7. The lowest BCUT2D eigenvalue weighted by Gasteiger charge is -2.38. The Labute approximate surface area is 162 Å². The molecule has 0 aliphatic carbocycles. The molecule has 1 amide bonds. The summed E-state index contributed by atoms with van der Waals surface area (Å²) in [5, 5.41) is 0. The number of rotatable bonds is 2. The average Bonchev–Trinajstić information content (AvgIpc) is 3.21. The van der Waals surface area contributed by atoms with E-state index in [9.17, 15) is 13.6 Å². The smallest absolute Gasteiger partial charge is 0.257 e. The van der Waals surface area contributed by atoms with Crippen LogP contribution in [-0.2, 0) is 9.53 Å². The van der Waals surface area contributed by atoms with Crippen LogP contribution in [0.1, 0.15) is 37.3 Å². The maximum atomic E-state index is 13.7. The predicted octanol–water partition coefficient (Wildman–Crippen LogP) is 4.02. The van der Waals surface area contributed by atoms with Crippen LogP contribution in [0, 0.1) is 11.6 Å². The quantitative estimate of drug-likeness (QED) is 0.784.